The normalized spacial score (nSPS) is 15.7. The number of carbonyl (C=O) groups excluding carboxylic acids is 1. The lowest BCUT2D eigenvalue weighted by Gasteiger charge is -2.34. The summed E-state index contributed by atoms with van der Waals surface area (Å²) in [6.07, 6.45) is 0.928. The van der Waals surface area contributed by atoms with Crippen LogP contribution in [0.5, 0.6) is 5.75 Å². The van der Waals surface area contributed by atoms with Gasteiger partial charge in [0.15, 0.2) is 5.96 Å². The molecule has 0 spiro atoms. The molecular weight excluding hydrogens is 330 g/mol. The van der Waals surface area contributed by atoms with Crippen molar-refractivity contribution < 1.29 is 9.53 Å². The largest absolute Gasteiger partial charge is 0.497 e. The molecule has 0 unspecified atom stereocenters. The maximum atomic E-state index is 11.3. The van der Waals surface area contributed by atoms with E-state index in [9.17, 15) is 4.79 Å². The zero-order chi connectivity index (χ0) is 18.8. The number of rotatable bonds is 7. The number of benzene rings is 1. The van der Waals surface area contributed by atoms with E-state index in [1.807, 2.05) is 17.0 Å². The van der Waals surface area contributed by atoms with Gasteiger partial charge in [-0.05, 0) is 24.1 Å². The number of hydrogen-bond donors (Lipinski definition) is 2. The Morgan fingerprint density at radius 1 is 1.12 bits per heavy atom. The van der Waals surface area contributed by atoms with Crippen molar-refractivity contribution in [2.45, 2.75) is 13.3 Å². The average Bonchev–Trinajstić information content (AvgIpc) is 2.67. The number of nitrogens with one attached hydrogen (secondary N) is 2. The Bertz CT molecular complexity index is 580. The van der Waals surface area contributed by atoms with Gasteiger partial charge >= 0.3 is 0 Å². The Morgan fingerprint density at radius 3 is 2.35 bits per heavy atom. The molecule has 144 valence electrons. The first-order valence-electron chi connectivity index (χ1n) is 9.17. The number of guanidine groups is 1. The molecule has 7 nitrogen and oxygen atoms in total. The molecule has 2 N–H and O–H groups in total. The molecular formula is C19H31N5O2. The highest BCUT2D eigenvalue weighted by atomic mass is 16.5. The average molecular weight is 361 g/mol. The van der Waals surface area contributed by atoms with Crippen molar-refractivity contribution in [2.24, 2.45) is 4.99 Å². The van der Waals surface area contributed by atoms with E-state index in [0.29, 0.717) is 0 Å². The van der Waals surface area contributed by atoms with Crippen molar-refractivity contribution in [2.75, 3.05) is 60.0 Å². The van der Waals surface area contributed by atoms with Crippen LogP contribution in [0.15, 0.2) is 29.3 Å². The monoisotopic (exact) mass is 361 g/mol. The van der Waals surface area contributed by atoms with Gasteiger partial charge in [-0.3, -0.25) is 14.7 Å². The zero-order valence-electron chi connectivity index (χ0n) is 16.1. The Labute approximate surface area is 156 Å². The molecule has 1 aromatic carbocycles. The molecule has 0 aromatic heterocycles. The lowest BCUT2D eigenvalue weighted by molar-refractivity contribution is -0.130. The minimum absolute atomic E-state index is 0.171. The Hall–Kier alpha value is -2.28. The van der Waals surface area contributed by atoms with Gasteiger partial charge in [0.25, 0.3) is 0 Å². The molecule has 1 fully saturated rings. The molecule has 1 amide bonds. The zero-order valence-corrected chi connectivity index (χ0v) is 16.1. The summed E-state index contributed by atoms with van der Waals surface area (Å²) in [6, 6.07) is 8.12. The summed E-state index contributed by atoms with van der Waals surface area (Å²) in [4.78, 5) is 19.9. The predicted molar refractivity (Wildman–Crippen MR) is 105 cm³/mol. The lowest BCUT2D eigenvalue weighted by Crippen LogP contribution is -2.50. The summed E-state index contributed by atoms with van der Waals surface area (Å²) in [5, 5.41) is 6.69. The fourth-order valence-corrected chi connectivity index (χ4v) is 2.96. The summed E-state index contributed by atoms with van der Waals surface area (Å²) in [5.74, 6) is 1.87. The Balaban J connectivity index is 1.61. The van der Waals surface area contributed by atoms with Crippen LogP contribution in [-0.2, 0) is 11.2 Å². The van der Waals surface area contributed by atoms with Gasteiger partial charge in [-0.1, -0.05) is 12.1 Å². The van der Waals surface area contributed by atoms with Crippen LogP contribution >= 0.6 is 0 Å². The molecule has 26 heavy (non-hydrogen) atoms. The van der Waals surface area contributed by atoms with Crippen molar-refractivity contribution in [3.63, 3.8) is 0 Å². The highest BCUT2D eigenvalue weighted by Gasteiger charge is 2.17. The van der Waals surface area contributed by atoms with E-state index in [1.54, 1.807) is 21.1 Å². The van der Waals surface area contributed by atoms with E-state index in [-0.39, 0.29) is 5.91 Å². The molecule has 0 saturated carbocycles. The number of carbonyl (C=O) groups is 1. The minimum atomic E-state index is 0.171. The van der Waals surface area contributed by atoms with Crippen LogP contribution in [0.4, 0.5) is 0 Å². The SMILES string of the molecule is CN=C(NCCc1ccc(OC)cc1)NCCN1CCN(C(C)=O)CC1. The van der Waals surface area contributed by atoms with E-state index in [2.05, 4.69) is 32.7 Å². The summed E-state index contributed by atoms with van der Waals surface area (Å²) in [7, 11) is 3.46. The van der Waals surface area contributed by atoms with E-state index in [1.165, 1.54) is 5.56 Å². The van der Waals surface area contributed by atoms with Crippen LogP contribution in [0.25, 0.3) is 0 Å². The third-order valence-corrected chi connectivity index (χ3v) is 4.63. The first-order chi connectivity index (χ1) is 12.6. The van der Waals surface area contributed by atoms with Crippen LogP contribution < -0.4 is 15.4 Å². The van der Waals surface area contributed by atoms with Gasteiger partial charge in [0.05, 0.1) is 7.11 Å². The molecule has 7 heteroatoms. The van der Waals surface area contributed by atoms with E-state index < -0.39 is 0 Å². The van der Waals surface area contributed by atoms with Gasteiger partial charge in [-0.2, -0.15) is 0 Å². The number of aliphatic imine (C=N–C) groups is 1. The number of piperazine rings is 1. The van der Waals surface area contributed by atoms with Gasteiger partial charge in [-0.25, -0.2) is 0 Å². The summed E-state index contributed by atoms with van der Waals surface area (Å²) in [5.41, 5.74) is 1.26. The second kappa shape index (κ2) is 10.7. The van der Waals surface area contributed by atoms with Crippen molar-refractivity contribution >= 4 is 11.9 Å². The number of nitrogens with zero attached hydrogens (tertiary/aromatic N) is 3. The summed E-state index contributed by atoms with van der Waals surface area (Å²) >= 11 is 0. The fraction of sp³-hybridized carbons (Fsp3) is 0.579. The van der Waals surface area contributed by atoms with Gasteiger partial charge in [0, 0.05) is 59.8 Å². The van der Waals surface area contributed by atoms with Crippen molar-refractivity contribution in [1.82, 2.24) is 20.4 Å². The first kappa shape index (κ1) is 20.0. The van der Waals surface area contributed by atoms with Crippen LogP contribution in [0, 0.1) is 0 Å². The molecule has 1 aromatic rings. The molecule has 0 aliphatic carbocycles. The van der Waals surface area contributed by atoms with Crippen LogP contribution in [0.2, 0.25) is 0 Å². The second-order valence-corrected chi connectivity index (χ2v) is 6.37. The maximum absolute atomic E-state index is 11.3. The van der Waals surface area contributed by atoms with Crippen LogP contribution in [-0.4, -0.2) is 81.6 Å². The topological polar surface area (TPSA) is 69.2 Å². The van der Waals surface area contributed by atoms with Crippen LogP contribution in [0.1, 0.15) is 12.5 Å². The van der Waals surface area contributed by atoms with E-state index >= 15 is 0 Å². The summed E-state index contributed by atoms with van der Waals surface area (Å²) in [6.45, 7) is 7.76. The number of ether oxygens (including phenoxy) is 1. The molecule has 1 heterocycles. The first-order valence-corrected chi connectivity index (χ1v) is 9.17. The third kappa shape index (κ3) is 6.55. The quantitative estimate of drug-likeness (QED) is 0.549. The molecule has 1 saturated heterocycles. The molecule has 0 radical (unpaired) electrons. The van der Waals surface area contributed by atoms with Crippen molar-refractivity contribution in [3.05, 3.63) is 29.8 Å². The van der Waals surface area contributed by atoms with Gasteiger partial charge in [-0.15, -0.1) is 0 Å². The predicted octanol–water partition coefficient (Wildman–Crippen LogP) is 0.567. The second-order valence-electron chi connectivity index (χ2n) is 6.37. The van der Waals surface area contributed by atoms with E-state index in [4.69, 9.17) is 4.74 Å². The fourth-order valence-electron chi connectivity index (χ4n) is 2.96. The molecule has 1 aliphatic heterocycles. The van der Waals surface area contributed by atoms with Gasteiger partial charge < -0.3 is 20.3 Å². The van der Waals surface area contributed by atoms with Gasteiger partial charge in [0.1, 0.15) is 5.75 Å². The smallest absolute Gasteiger partial charge is 0.219 e. The maximum Gasteiger partial charge on any atom is 0.219 e. The standard InChI is InChI=1S/C19H31N5O2/c1-16(25)24-14-12-23(13-15-24)11-10-22-19(20-2)21-9-8-17-4-6-18(26-3)7-5-17/h4-7H,8-15H2,1-3H3,(H2,20,21,22). The molecule has 2 rings (SSSR count). The van der Waals surface area contributed by atoms with Crippen molar-refractivity contribution in [1.29, 1.82) is 0 Å². The molecule has 0 bridgehead atoms. The Kier molecular flexibility index (Phi) is 8.21. The highest BCUT2D eigenvalue weighted by molar-refractivity contribution is 5.79. The van der Waals surface area contributed by atoms with Crippen molar-refractivity contribution in [3.8, 4) is 5.75 Å². The van der Waals surface area contributed by atoms with E-state index in [0.717, 1.165) is 63.9 Å². The van der Waals surface area contributed by atoms with Crippen LogP contribution in [0.3, 0.4) is 0 Å². The Morgan fingerprint density at radius 2 is 1.77 bits per heavy atom. The molecule has 0 atom stereocenters. The molecule has 1 aliphatic rings. The number of amides is 1. The highest BCUT2D eigenvalue weighted by Crippen LogP contribution is 2.11. The summed E-state index contributed by atoms with van der Waals surface area (Å²) < 4.78 is 5.17. The minimum Gasteiger partial charge on any atom is -0.497 e. The number of methoxy groups -OCH3 is 1. The number of hydrogen-bond acceptors (Lipinski definition) is 4. The lowest BCUT2D eigenvalue weighted by atomic mass is 10.1. The third-order valence-electron chi connectivity index (χ3n) is 4.63. The van der Waals surface area contributed by atoms with Gasteiger partial charge in [0.2, 0.25) is 5.91 Å².